The summed E-state index contributed by atoms with van der Waals surface area (Å²) in [5, 5.41) is 11.2. The largest absolute Gasteiger partial charge is 0.492 e. The minimum Gasteiger partial charge on any atom is -0.492 e. The van der Waals surface area contributed by atoms with Gasteiger partial charge in [-0.1, -0.05) is 0 Å². The van der Waals surface area contributed by atoms with E-state index in [1.165, 1.54) is 26.2 Å². The molecule has 0 aliphatic rings. The van der Waals surface area contributed by atoms with E-state index in [0.29, 0.717) is 25.1 Å². The molecule has 0 atom stereocenters. The van der Waals surface area contributed by atoms with E-state index in [2.05, 4.69) is 5.32 Å². The zero-order chi connectivity index (χ0) is 19.0. The van der Waals surface area contributed by atoms with E-state index in [-0.39, 0.29) is 29.4 Å². The van der Waals surface area contributed by atoms with Crippen molar-refractivity contribution in [2.24, 2.45) is 0 Å². The molecule has 1 rings (SSSR count). The van der Waals surface area contributed by atoms with Crippen molar-refractivity contribution in [1.29, 1.82) is 0 Å². The number of amides is 1. The molecule has 0 fully saturated rings. The number of ether oxygens (including phenoxy) is 1. The molecule has 0 aliphatic carbocycles. The van der Waals surface area contributed by atoms with Crippen LogP contribution in [0.4, 0.5) is 5.69 Å². The number of unbranched alkanes of at least 4 members (excludes halogenated alkanes) is 1. The first-order valence-corrected chi connectivity index (χ1v) is 9.33. The van der Waals surface area contributed by atoms with Crippen molar-refractivity contribution < 1.29 is 27.9 Å². The Kier molecular flexibility index (Phi) is 7.85. The van der Waals surface area contributed by atoms with Gasteiger partial charge in [-0.25, -0.2) is 12.7 Å². The lowest BCUT2D eigenvalue weighted by atomic mass is 10.2. The average molecular weight is 372 g/mol. The lowest BCUT2D eigenvalue weighted by Crippen LogP contribution is -2.23. The highest BCUT2D eigenvalue weighted by molar-refractivity contribution is 7.89. The summed E-state index contributed by atoms with van der Waals surface area (Å²) in [6.07, 6.45) is 1.03. The molecule has 1 amide bonds. The average Bonchev–Trinajstić information content (AvgIpc) is 2.52. The fraction of sp³-hybridized carbons (Fsp3) is 0.500. The number of sulfonamides is 1. The Hall–Kier alpha value is -2.13. The van der Waals surface area contributed by atoms with E-state index in [1.807, 2.05) is 0 Å². The second-order valence-electron chi connectivity index (χ2n) is 5.53. The lowest BCUT2D eigenvalue weighted by Gasteiger charge is -2.16. The number of nitrogens with zero attached hydrogens (tertiary/aromatic N) is 1. The maximum atomic E-state index is 12.4. The van der Waals surface area contributed by atoms with Gasteiger partial charge in [0, 0.05) is 32.6 Å². The van der Waals surface area contributed by atoms with Gasteiger partial charge >= 0.3 is 5.97 Å². The van der Waals surface area contributed by atoms with E-state index in [4.69, 9.17) is 9.84 Å². The van der Waals surface area contributed by atoms with Crippen LogP contribution in [-0.2, 0) is 19.6 Å². The smallest absolute Gasteiger partial charge is 0.303 e. The molecule has 0 aromatic heterocycles. The summed E-state index contributed by atoms with van der Waals surface area (Å²) in [6.45, 7) is 2.06. The van der Waals surface area contributed by atoms with Crippen LogP contribution < -0.4 is 10.1 Å². The van der Waals surface area contributed by atoms with Gasteiger partial charge in [0.25, 0.3) is 0 Å². The molecule has 0 saturated carbocycles. The third kappa shape index (κ3) is 6.35. The molecule has 0 radical (unpaired) electrons. The van der Waals surface area contributed by atoms with Gasteiger partial charge in [-0.15, -0.1) is 0 Å². The van der Waals surface area contributed by atoms with Crippen molar-refractivity contribution in [3.63, 3.8) is 0 Å². The predicted octanol–water partition coefficient (Wildman–Crippen LogP) is 1.92. The first-order valence-electron chi connectivity index (χ1n) is 7.89. The fourth-order valence-corrected chi connectivity index (χ4v) is 3.09. The van der Waals surface area contributed by atoms with Crippen LogP contribution >= 0.6 is 0 Å². The third-order valence-electron chi connectivity index (χ3n) is 3.33. The Morgan fingerprint density at radius 2 is 1.84 bits per heavy atom. The summed E-state index contributed by atoms with van der Waals surface area (Å²) >= 11 is 0. The second kappa shape index (κ2) is 9.38. The van der Waals surface area contributed by atoms with Crippen LogP contribution in [-0.4, -0.2) is 50.4 Å². The fourth-order valence-electron chi connectivity index (χ4n) is 2.04. The van der Waals surface area contributed by atoms with Gasteiger partial charge in [-0.05, 0) is 38.0 Å². The number of benzene rings is 1. The molecule has 0 aliphatic heterocycles. The number of carbonyl (C=O) groups is 2. The maximum Gasteiger partial charge on any atom is 0.303 e. The monoisotopic (exact) mass is 372 g/mol. The highest BCUT2D eigenvalue weighted by atomic mass is 32.2. The summed E-state index contributed by atoms with van der Waals surface area (Å²) in [5.74, 6) is -0.983. The van der Waals surface area contributed by atoms with E-state index < -0.39 is 16.0 Å². The normalized spacial score (nSPS) is 11.4. The number of nitrogens with one attached hydrogen (secondary N) is 1. The standard InChI is InChI=1S/C16H24N2O6S/c1-4-24-13-10-9-12(11-14(13)25(22,23)18(2)3)17-15(19)7-5-6-8-16(20)21/h9-11H,4-8H2,1-3H3,(H,17,19)(H,20,21). The zero-order valence-corrected chi connectivity index (χ0v) is 15.4. The molecule has 0 bridgehead atoms. The van der Waals surface area contributed by atoms with Crippen molar-refractivity contribution in [1.82, 2.24) is 4.31 Å². The number of rotatable bonds is 10. The molecular weight excluding hydrogens is 348 g/mol. The molecule has 0 unspecified atom stereocenters. The predicted molar refractivity (Wildman–Crippen MR) is 93.2 cm³/mol. The van der Waals surface area contributed by atoms with Crippen LogP contribution in [0.3, 0.4) is 0 Å². The van der Waals surface area contributed by atoms with E-state index in [9.17, 15) is 18.0 Å². The minimum absolute atomic E-state index is 0.0154. The molecule has 1 aromatic rings. The molecule has 0 spiro atoms. The number of hydrogen-bond donors (Lipinski definition) is 2. The lowest BCUT2D eigenvalue weighted by molar-refractivity contribution is -0.137. The van der Waals surface area contributed by atoms with Gasteiger partial charge in [0.15, 0.2) is 0 Å². The molecular formula is C16H24N2O6S. The van der Waals surface area contributed by atoms with Crippen molar-refractivity contribution in [2.75, 3.05) is 26.0 Å². The van der Waals surface area contributed by atoms with E-state index in [0.717, 1.165) is 4.31 Å². The van der Waals surface area contributed by atoms with Gasteiger partial charge in [0.2, 0.25) is 15.9 Å². The number of hydrogen-bond acceptors (Lipinski definition) is 5. The van der Waals surface area contributed by atoms with Crippen LogP contribution in [0.1, 0.15) is 32.6 Å². The van der Waals surface area contributed by atoms with E-state index >= 15 is 0 Å². The first-order chi connectivity index (χ1) is 11.7. The Balaban J connectivity index is 2.88. The summed E-state index contributed by atoms with van der Waals surface area (Å²) in [5.41, 5.74) is 0.340. The van der Waals surface area contributed by atoms with E-state index in [1.54, 1.807) is 13.0 Å². The molecule has 9 heteroatoms. The van der Waals surface area contributed by atoms with Crippen LogP contribution in [0, 0.1) is 0 Å². The van der Waals surface area contributed by atoms with Crippen molar-refractivity contribution >= 4 is 27.6 Å². The SMILES string of the molecule is CCOc1ccc(NC(=O)CCCCC(=O)O)cc1S(=O)(=O)N(C)C. The Bertz CT molecular complexity index is 715. The number of aliphatic carboxylic acids is 1. The Labute approximate surface area is 147 Å². The molecule has 1 aromatic carbocycles. The Morgan fingerprint density at radius 3 is 2.40 bits per heavy atom. The summed E-state index contributed by atoms with van der Waals surface area (Å²) < 4.78 is 31.3. The summed E-state index contributed by atoms with van der Waals surface area (Å²) in [4.78, 5) is 22.3. The number of carboxylic acids is 1. The molecule has 8 nitrogen and oxygen atoms in total. The maximum absolute atomic E-state index is 12.4. The highest BCUT2D eigenvalue weighted by Crippen LogP contribution is 2.29. The Morgan fingerprint density at radius 1 is 1.20 bits per heavy atom. The van der Waals surface area contributed by atoms with Crippen LogP contribution in [0.25, 0.3) is 0 Å². The van der Waals surface area contributed by atoms with Crippen molar-refractivity contribution in [3.05, 3.63) is 18.2 Å². The van der Waals surface area contributed by atoms with Crippen LogP contribution in [0.2, 0.25) is 0 Å². The van der Waals surface area contributed by atoms with Crippen molar-refractivity contribution in [2.45, 2.75) is 37.5 Å². The van der Waals surface area contributed by atoms with Crippen LogP contribution in [0.5, 0.6) is 5.75 Å². The number of carbonyl (C=O) groups excluding carboxylic acids is 1. The van der Waals surface area contributed by atoms with Crippen LogP contribution in [0.15, 0.2) is 23.1 Å². The zero-order valence-electron chi connectivity index (χ0n) is 14.6. The summed E-state index contributed by atoms with van der Waals surface area (Å²) in [7, 11) is -0.896. The highest BCUT2D eigenvalue weighted by Gasteiger charge is 2.23. The van der Waals surface area contributed by atoms with Gasteiger partial charge < -0.3 is 15.2 Å². The molecule has 2 N–H and O–H groups in total. The molecule has 25 heavy (non-hydrogen) atoms. The van der Waals surface area contributed by atoms with Gasteiger partial charge in [-0.2, -0.15) is 0 Å². The number of anilines is 1. The summed E-state index contributed by atoms with van der Waals surface area (Å²) in [6, 6.07) is 4.42. The van der Waals surface area contributed by atoms with Gasteiger partial charge in [0.1, 0.15) is 10.6 Å². The van der Waals surface area contributed by atoms with Crippen molar-refractivity contribution in [3.8, 4) is 5.75 Å². The van der Waals surface area contributed by atoms with Gasteiger partial charge in [0.05, 0.1) is 6.61 Å². The quantitative estimate of drug-likeness (QED) is 0.607. The van der Waals surface area contributed by atoms with Gasteiger partial charge in [-0.3, -0.25) is 9.59 Å². The second-order valence-corrected chi connectivity index (χ2v) is 7.65. The minimum atomic E-state index is -3.73. The third-order valence-corrected chi connectivity index (χ3v) is 5.17. The number of carboxylic acid groups (broad SMARTS) is 1. The first kappa shape index (κ1) is 20.9. The topological polar surface area (TPSA) is 113 Å². The molecule has 140 valence electrons. The molecule has 0 heterocycles. The molecule has 0 saturated heterocycles.